The second-order valence-electron chi connectivity index (χ2n) is 7.36. The van der Waals surface area contributed by atoms with Crippen molar-refractivity contribution in [2.75, 3.05) is 44.7 Å². The zero-order valence-electron chi connectivity index (χ0n) is 13.5. The van der Waals surface area contributed by atoms with E-state index in [2.05, 4.69) is 21.9 Å². The number of anilines is 1. The van der Waals surface area contributed by atoms with Crippen molar-refractivity contribution in [3.63, 3.8) is 0 Å². The Hall–Kier alpha value is -1.40. The number of carbonyl (C=O) groups excluding carboxylic acids is 1. The van der Waals surface area contributed by atoms with Crippen LogP contribution in [-0.4, -0.2) is 70.8 Å². The van der Waals surface area contributed by atoms with Crippen LogP contribution in [-0.2, 0) is 11.8 Å². The van der Waals surface area contributed by atoms with Crippen molar-refractivity contribution in [2.24, 2.45) is 13.0 Å². The smallest absolute Gasteiger partial charge is 0.241 e. The van der Waals surface area contributed by atoms with Crippen molar-refractivity contribution < 1.29 is 4.79 Å². The highest BCUT2D eigenvalue weighted by atomic mass is 16.2. The summed E-state index contributed by atoms with van der Waals surface area (Å²) in [4.78, 5) is 19.3. The first kappa shape index (κ1) is 14.2. The van der Waals surface area contributed by atoms with E-state index in [0.717, 1.165) is 37.7 Å². The number of aryl methyl sites for hydroxylation is 1. The van der Waals surface area contributed by atoms with E-state index in [1.54, 1.807) is 10.9 Å². The number of likely N-dealkylation sites (tertiary alicyclic amines) is 1. The molecule has 1 saturated carbocycles. The monoisotopic (exact) mass is 303 g/mol. The molecule has 1 aromatic heterocycles. The maximum atomic E-state index is 12.5. The van der Waals surface area contributed by atoms with Crippen LogP contribution in [0.2, 0.25) is 0 Å². The number of amides is 1. The van der Waals surface area contributed by atoms with Crippen molar-refractivity contribution in [3.05, 3.63) is 12.4 Å². The van der Waals surface area contributed by atoms with Crippen LogP contribution in [0.4, 0.5) is 5.69 Å². The van der Waals surface area contributed by atoms with E-state index in [1.807, 2.05) is 18.1 Å². The zero-order valence-corrected chi connectivity index (χ0v) is 13.5. The molecule has 6 nitrogen and oxygen atoms in total. The van der Waals surface area contributed by atoms with Crippen LogP contribution >= 0.6 is 0 Å². The quantitative estimate of drug-likeness (QED) is 0.818. The van der Waals surface area contributed by atoms with Crippen LogP contribution in [0, 0.1) is 5.92 Å². The number of rotatable bonds is 3. The summed E-state index contributed by atoms with van der Waals surface area (Å²) < 4.78 is 1.77. The van der Waals surface area contributed by atoms with Gasteiger partial charge >= 0.3 is 0 Å². The third kappa shape index (κ3) is 2.44. The second kappa shape index (κ2) is 5.06. The van der Waals surface area contributed by atoms with E-state index in [9.17, 15) is 4.79 Å². The third-order valence-corrected chi connectivity index (χ3v) is 5.56. The first-order chi connectivity index (χ1) is 10.6. The Balaban J connectivity index is 1.53. The number of likely N-dealkylation sites (N-methyl/N-ethyl adjacent to an activating group) is 1. The van der Waals surface area contributed by atoms with Crippen LogP contribution in [0.25, 0.3) is 0 Å². The fourth-order valence-electron chi connectivity index (χ4n) is 3.94. The molecule has 1 aliphatic carbocycles. The van der Waals surface area contributed by atoms with Gasteiger partial charge in [-0.1, -0.05) is 0 Å². The summed E-state index contributed by atoms with van der Waals surface area (Å²) in [6, 6.07) is 0. The van der Waals surface area contributed by atoms with Crippen LogP contribution in [0.3, 0.4) is 0 Å². The lowest BCUT2D eigenvalue weighted by atomic mass is 9.93. The van der Waals surface area contributed by atoms with Crippen molar-refractivity contribution in [1.29, 1.82) is 0 Å². The molecular formula is C16H25N5O. The lowest BCUT2D eigenvalue weighted by Crippen LogP contribution is -2.64. The molecule has 2 aliphatic heterocycles. The summed E-state index contributed by atoms with van der Waals surface area (Å²) in [7, 11) is 4.01. The topological polar surface area (TPSA) is 44.6 Å². The van der Waals surface area contributed by atoms with Crippen LogP contribution in [0.15, 0.2) is 12.4 Å². The van der Waals surface area contributed by atoms with Gasteiger partial charge in [-0.25, -0.2) is 0 Å². The minimum atomic E-state index is 0.110. The fourth-order valence-corrected chi connectivity index (χ4v) is 3.94. The maximum Gasteiger partial charge on any atom is 0.241 e. The standard InChI is InChI=1S/C16H25N5O/c1-18-10-15(22)21(14-7-17-19(2)9-14)12-16(18)5-6-20(11-16)8-13-3-4-13/h7,9,13H,3-6,8,10-12H2,1-2H3/t16-/m1/s1. The van der Waals surface area contributed by atoms with Crippen molar-refractivity contribution in [2.45, 2.75) is 24.8 Å². The predicted molar refractivity (Wildman–Crippen MR) is 84.7 cm³/mol. The van der Waals surface area contributed by atoms with Crippen LogP contribution in [0.5, 0.6) is 0 Å². The Bertz CT molecular complexity index is 581. The lowest BCUT2D eigenvalue weighted by Gasteiger charge is -2.46. The SMILES string of the molecule is CN1CC(=O)N(c2cnn(C)c2)C[C@]12CCN(CC1CC1)C2. The molecule has 0 unspecified atom stereocenters. The molecule has 3 heterocycles. The van der Waals surface area contributed by atoms with Gasteiger partial charge in [-0.3, -0.25) is 14.4 Å². The molecule has 2 saturated heterocycles. The Morgan fingerprint density at radius 2 is 2.14 bits per heavy atom. The summed E-state index contributed by atoms with van der Waals surface area (Å²) in [6.45, 7) is 4.79. The van der Waals surface area contributed by atoms with Crippen molar-refractivity contribution in [3.8, 4) is 0 Å². The van der Waals surface area contributed by atoms with Crippen molar-refractivity contribution in [1.82, 2.24) is 19.6 Å². The van der Waals surface area contributed by atoms with Gasteiger partial charge in [0.25, 0.3) is 0 Å². The minimum absolute atomic E-state index is 0.110. The zero-order chi connectivity index (χ0) is 15.3. The van der Waals surface area contributed by atoms with Gasteiger partial charge in [-0.15, -0.1) is 0 Å². The number of hydrogen-bond donors (Lipinski definition) is 0. The molecule has 1 aromatic rings. The largest absolute Gasteiger partial charge is 0.306 e. The number of aromatic nitrogens is 2. The molecule has 0 N–H and O–H groups in total. The van der Waals surface area contributed by atoms with E-state index in [1.165, 1.54) is 19.4 Å². The van der Waals surface area contributed by atoms with Gasteiger partial charge in [0.05, 0.1) is 24.0 Å². The summed E-state index contributed by atoms with van der Waals surface area (Å²) >= 11 is 0. The van der Waals surface area contributed by atoms with E-state index in [4.69, 9.17) is 0 Å². The minimum Gasteiger partial charge on any atom is -0.306 e. The molecule has 0 bridgehead atoms. The number of carbonyl (C=O) groups is 1. The normalized spacial score (nSPS) is 30.6. The first-order valence-corrected chi connectivity index (χ1v) is 8.28. The molecule has 6 heteroatoms. The molecular weight excluding hydrogens is 278 g/mol. The number of hydrogen-bond acceptors (Lipinski definition) is 4. The summed E-state index contributed by atoms with van der Waals surface area (Å²) in [6.07, 6.45) is 7.70. The highest BCUT2D eigenvalue weighted by Crippen LogP contribution is 2.36. The molecule has 1 spiro atoms. The third-order valence-electron chi connectivity index (χ3n) is 5.56. The predicted octanol–water partition coefficient (Wildman–Crippen LogP) is 0.553. The average molecular weight is 303 g/mol. The number of nitrogens with zero attached hydrogens (tertiary/aromatic N) is 5. The van der Waals surface area contributed by atoms with Crippen LogP contribution in [0.1, 0.15) is 19.3 Å². The molecule has 120 valence electrons. The van der Waals surface area contributed by atoms with Gasteiger partial charge in [-0.05, 0) is 32.2 Å². The number of piperazine rings is 1. The van der Waals surface area contributed by atoms with Gasteiger partial charge in [0.15, 0.2) is 0 Å². The van der Waals surface area contributed by atoms with Gasteiger partial charge < -0.3 is 9.80 Å². The molecule has 0 radical (unpaired) electrons. The molecule has 1 amide bonds. The van der Waals surface area contributed by atoms with Gasteiger partial charge in [0, 0.05) is 39.4 Å². The molecule has 0 aromatic carbocycles. The second-order valence-corrected chi connectivity index (χ2v) is 7.36. The highest BCUT2D eigenvalue weighted by molar-refractivity contribution is 5.95. The summed E-state index contributed by atoms with van der Waals surface area (Å²) in [5.74, 6) is 1.11. The highest BCUT2D eigenvalue weighted by Gasteiger charge is 2.48. The average Bonchev–Trinajstić information content (AvgIpc) is 3.03. The molecule has 3 fully saturated rings. The Kier molecular flexibility index (Phi) is 3.27. The first-order valence-electron chi connectivity index (χ1n) is 8.28. The molecule has 1 atom stereocenters. The summed E-state index contributed by atoms with van der Waals surface area (Å²) in [5, 5.41) is 4.22. The Morgan fingerprint density at radius 3 is 2.82 bits per heavy atom. The fraction of sp³-hybridized carbons (Fsp3) is 0.750. The maximum absolute atomic E-state index is 12.5. The van der Waals surface area contributed by atoms with Crippen molar-refractivity contribution >= 4 is 11.6 Å². The van der Waals surface area contributed by atoms with Gasteiger partial charge in [0.1, 0.15) is 0 Å². The molecule has 3 aliphatic rings. The summed E-state index contributed by atoms with van der Waals surface area (Å²) in [5.41, 5.74) is 1.04. The molecule has 22 heavy (non-hydrogen) atoms. The van der Waals surface area contributed by atoms with Gasteiger partial charge in [0.2, 0.25) is 5.91 Å². The Labute approximate surface area is 131 Å². The Morgan fingerprint density at radius 1 is 1.32 bits per heavy atom. The van der Waals surface area contributed by atoms with E-state index in [0.29, 0.717) is 6.54 Å². The van der Waals surface area contributed by atoms with E-state index >= 15 is 0 Å². The van der Waals surface area contributed by atoms with E-state index < -0.39 is 0 Å². The molecule has 4 rings (SSSR count). The van der Waals surface area contributed by atoms with E-state index in [-0.39, 0.29) is 11.4 Å². The lowest BCUT2D eigenvalue weighted by molar-refractivity contribution is -0.123. The van der Waals surface area contributed by atoms with Crippen LogP contribution < -0.4 is 4.90 Å². The van der Waals surface area contributed by atoms with Gasteiger partial charge in [-0.2, -0.15) is 5.10 Å².